The molecule has 1 aromatic heterocycles. The Morgan fingerprint density at radius 2 is 2.31 bits per heavy atom. The van der Waals surface area contributed by atoms with Crippen molar-refractivity contribution in [3.63, 3.8) is 0 Å². The number of aromatic nitrogens is 3. The Hall–Kier alpha value is -1.15. The normalized spacial score (nSPS) is 11.0. The van der Waals surface area contributed by atoms with Crippen molar-refractivity contribution in [3.8, 4) is 0 Å². The first-order chi connectivity index (χ1) is 7.57. The molecule has 0 spiro atoms. The lowest BCUT2D eigenvalue weighted by Gasteiger charge is -2.06. The van der Waals surface area contributed by atoms with Gasteiger partial charge in [0.05, 0.1) is 0 Å². The molecule has 0 aliphatic rings. The molecule has 0 saturated heterocycles. The molecular formula is C8H12F2N4OS. The maximum atomic E-state index is 12.7. The number of hydrogen-bond acceptors (Lipinski definition) is 4. The molecule has 2 N–H and O–H groups in total. The van der Waals surface area contributed by atoms with Crippen molar-refractivity contribution in [2.75, 3.05) is 13.7 Å². The van der Waals surface area contributed by atoms with Crippen molar-refractivity contribution in [2.45, 2.75) is 19.4 Å². The van der Waals surface area contributed by atoms with E-state index >= 15 is 0 Å². The minimum atomic E-state index is -2.70. The molecule has 5 nitrogen and oxygen atoms in total. The molecule has 0 bridgehead atoms. The fourth-order valence-corrected chi connectivity index (χ4v) is 1.38. The van der Waals surface area contributed by atoms with Gasteiger partial charge in [-0.15, -0.1) is 5.10 Å². The van der Waals surface area contributed by atoms with E-state index in [4.69, 9.17) is 10.5 Å². The van der Waals surface area contributed by atoms with Crippen LogP contribution in [0.5, 0.6) is 0 Å². The molecule has 0 fully saturated rings. The van der Waals surface area contributed by atoms with Gasteiger partial charge in [-0.2, -0.15) is 0 Å². The van der Waals surface area contributed by atoms with Gasteiger partial charge in [0.25, 0.3) is 6.43 Å². The number of halogens is 2. The molecule has 1 aromatic rings. The van der Waals surface area contributed by atoms with Gasteiger partial charge >= 0.3 is 0 Å². The molecule has 1 heterocycles. The largest absolute Gasteiger partial charge is 0.388 e. The van der Waals surface area contributed by atoms with Crippen LogP contribution in [0.3, 0.4) is 0 Å². The first kappa shape index (κ1) is 12.9. The highest BCUT2D eigenvalue weighted by Crippen LogP contribution is 2.21. The monoisotopic (exact) mass is 250 g/mol. The van der Waals surface area contributed by atoms with Crippen molar-refractivity contribution in [1.82, 2.24) is 15.0 Å². The van der Waals surface area contributed by atoms with E-state index in [2.05, 4.69) is 22.5 Å². The second-order valence-corrected chi connectivity index (χ2v) is 3.50. The summed E-state index contributed by atoms with van der Waals surface area (Å²) in [4.78, 5) is -0.173. The third kappa shape index (κ3) is 2.92. The Balaban J connectivity index is 2.87. The minimum absolute atomic E-state index is 0.109. The van der Waals surface area contributed by atoms with E-state index in [-0.39, 0.29) is 16.4 Å². The van der Waals surface area contributed by atoms with Crippen LogP contribution in [0.15, 0.2) is 0 Å². The molecule has 0 aliphatic heterocycles. The van der Waals surface area contributed by atoms with Gasteiger partial charge in [-0.1, -0.05) is 17.4 Å². The number of alkyl halides is 2. The number of hydrogen-bond donors (Lipinski definition) is 1. The summed E-state index contributed by atoms with van der Waals surface area (Å²) in [6.07, 6.45) is -2.13. The first-order valence-electron chi connectivity index (χ1n) is 4.58. The topological polar surface area (TPSA) is 66.0 Å². The van der Waals surface area contributed by atoms with Crippen molar-refractivity contribution in [2.24, 2.45) is 5.73 Å². The van der Waals surface area contributed by atoms with Gasteiger partial charge in [0.1, 0.15) is 16.4 Å². The highest BCUT2D eigenvalue weighted by Gasteiger charge is 2.22. The summed E-state index contributed by atoms with van der Waals surface area (Å²) >= 11 is 4.62. The van der Waals surface area contributed by atoms with Crippen LogP contribution in [-0.2, 0) is 11.3 Å². The lowest BCUT2D eigenvalue weighted by Crippen LogP contribution is -2.15. The zero-order chi connectivity index (χ0) is 12.1. The molecule has 0 amide bonds. The Morgan fingerprint density at radius 3 is 2.81 bits per heavy atom. The van der Waals surface area contributed by atoms with E-state index in [0.717, 1.165) is 4.68 Å². The van der Waals surface area contributed by atoms with Crippen LogP contribution in [0.1, 0.15) is 24.2 Å². The smallest absolute Gasteiger partial charge is 0.282 e. The molecule has 0 unspecified atom stereocenters. The van der Waals surface area contributed by atoms with Crippen LogP contribution >= 0.6 is 12.2 Å². The fourth-order valence-electron chi connectivity index (χ4n) is 1.24. The Morgan fingerprint density at radius 1 is 1.62 bits per heavy atom. The van der Waals surface area contributed by atoms with Crippen LogP contribution in [0.2, 0.25) is 0 Å². The van der Waals surface area contributed by atoms with Gasteiger partial charge in [-0.3, -0.25) is 0 Å². The van der Waals surface area contributed by atoms with Gasteiger partial charge < -0.3 is 10.5 Å². The standard InChI is InChI=1S/C8H12F2N4OS/c1-15-4-2-3-14-6(7(9)10)5(8(11)16)12-13-14/h7H,2-4H2,1H3,(H2,11,16). The molecule has 16 heavy (non-hydrogen) atoms. The summed E-state index contributed by atoms with van der Waals surface area (Å²) in [7, 11) is 1.54. The average molecular weight is 250 g/mol. The SMILES string of the molecule is COCCCn1nnc(C(N)=S)c1C(F)F. The van der Waals surface area contributed by atoms with Crippen LogP contribution in [-0.4, -0.2) is 33.7 Å². The van der Waals surface area contributed by atoms with Crippen molar-refractivity contribution < 1.29 is 13.5 Å². The molecule has 0 atom stereocenters. The quantitative estimate of drug-likeness (QED) is 0.600. The number of ether oxygens (including phenoxy) is 1. The number of methoxy groups -OCH3 is 1. The van der Waals surface area contributed by atoms with Crippen LogP contribution in [0.25, 0.3) is 0 Å². The predicted octanol–water partition coefficient (Wildman–Crippen LogP) is 0.886. The maximum absolute atomic E-state index is 12.7. The number of nitrogens with zero attached hydrogens (tertiary/aromatic N) is 3. The third-order valence-electron chi connectivity index (χ3n) is 1.93. The lowest BCUT2D eigenvalue weighted by molar-refractivity contribution is 0.136. The van der Waals surface area contributed by atoms with E-state index in [1.54, 1.807) is 0 Å². The molecule has 0 aliphatic carbocycles. The highest BCUT2D eigenvalue weighted by atomic mass is 32.1. The minimum Gasteiger partial charge on any atom is -0.388 e. The highest BCUT2D eigenvalue weighted by molar-refractivity contribution is 7.80. The Bertz CT molecular complexity index is 369. The second kappa shape index (κ2) is 5.80. The number of nitrogens with two attached hydrogens (primary N) is 1. The summed E-state index contributed by atoms with van der Waals surface area (Å²) < 4.78 is 31.4. The molecule has 90 valence electrons. The first-order valence-corrected chi connectivity index (χ1v) is 4.99. The molecule has 0 aromatic carbocycles. The average Bonchev–Trinajstić information content (AvgIpc) is 2.62. The molecule has 0 saturated carbocycles. The fraction of sp³-hybridized carbons (Fsp3) is 0.625. The van der Waals surface area contributed by atoms with E-state index in [9.17, 15) is 8.78 Å². The number of aryl methyl sites for hydroxylation is 1. The maximum Gasteiger partial charge on any atom is 0.282 e. The predicted molar refractivity (Wildman–Crippen MR) is 57.4 cm³/mol. The number of thiocarbonyl (C=S) groups is 1. The number of rotatable bonds is 6. The molecule has 1 rings (SSSR count). The van der Waals surface area contributed by atoms with Gasteiger partial charge in [0, 0.05) is 20.3 Å². The summed E-state index contributed by atoms with van der Waals surface area (Å²) in [6, 6.07) is 0. The summed E-state index contributed by atoms with van der Waals surface area (Å²) in [5.74, 6) is 0. The third-order valence-corrected chi connectivity index (χ3v) is 2.13. The van der Waals surface area contributed by atoms with E-state index in [0.29, 0.717) is 19.6 Å². The van der Waals surface area contributed by atoms with Gasteiger partial charge in [-0.25, -0.2) is 13.5 Å². The van der Waals surface area contributed by atoms with Crippen LogP contribution in [0.4, 0.5) is 8.78 Å². The second-order valence-electron chi connectivity index (χ2n) is 3.06. The lowest BCUT2D eigenvalue weighted by atomic mass is 10.3. The zero-order valence-corrected chi connectivity index (χ0v) is 9.51. The van der Waals surface area contributed by atoms with Gasteiger partial charge in [0.2, 0.25) is 0 Å². The van der Waals surface area contributed by atoms with E-state index in [1.807, 2.05) is 0 Å². The van der Waals surface area contributed by atoms with Crippen LogP contribution < -0.4 is 5.73 Å². The summed E-state index contributed by atoms with van der Waals surface area (Å²) in [5.41, 5.74) is 4.84. The van der Waals surface area contributed by atoms with Gasteiger partial charge in [-0.05, 0) is 6.42 Å². The van der Waals surface area contributed by atoms with Crippen LogP contribution in [0, 0.1) is 0 Å². The summed E-state index contributed by atoms with van der Waals surface area (Å²) in [6.45, 7) is 0.758. The van der Waals surface area contributed by atoms with Crippen molar-refractivity contribution in [3.05, 3.63) is 11.4 Å². The van der Waals surface area contributed by atoms with E-state index in [1.165, 1.54) is 7.11 Å². The molecule has 8 heteroatoms. The molecule has 0 radical (unpaired) electrons. The van der Waals surface area contributed by atoms with E-state index < -0.39 is 6.43 Å². The summed E-state index contributed by atoms with van der Waals surface area (Å²) in [5, 5.41) is 7.14. The Kier molecular flexibility index (Phi) is 4.69. The van der Waals surface area contributed by atoms with Crippen molar-refractivity contribution in [1.29, 1.82) is 0 Å². The van der Waals surface area contributed by atoms with Gasteiger partial charge in [0.15, 0.2) is 0 Å². The molecular weight excluding hydrogens is 238 g/mol. The van der Waals surface area contributed by atoms with Crippen molar-refractivity contribution >= 4 is 17.2 Å². The zero-order valence-electron chi connectivity index (χ0n) is 8.69. The Labute approximate surface area is 96.6 Å².